The number of anilines is 2. The smallest absolute Gasteiger partial charge is 0.250 e. The van der Waals surface area contributed by atoms with E-state index in [1.807, 2.05) is 17.5 Å². The summed E-state index contributed by atoms with van der Waals surface area (Å²) in [5.74, 6) is -0.480. The molecule has 174 valence electrons. The molecule has 1 aliphatic rings. The minimum Gasteiger partial charge on any atom is -0.368 e. The van der Waals surface area contributed by atoms with Crippen LogP contribution in [0.25, 0.3) is 22.2 Å². The molecule has 1 saturated heterocycles. The molecule has 7 nitrogen and oxygen atoms in total. The van der Waals surface area contributed by atoms with E-state index in [1.54, 1.807) is 18.2 Å². The molecule has 0 spiro atoms. The van der Waals surface area contributed by atoms with Crippen LogP contribution in [0, 0.1) is 5.82 Å². The van der Waals surface area contributed by atoms with Crippen LogP contribution in [-0.2, 0) is 4.79 Å². The van der Waals surface area contributed by atoms with Crippen LogP contribution in [0.2, 0.25) is 5.02 Å². The summed E-state index contributed by atoms with van der Waals surface area (Å²) in [5.41, 5.74) is 2.81. The quantitative estimate of drug-likeness (QED) is 0.432. The maximum absolute atomic E-state index is 13.8. The average Bonchev–Trinajstić information content (AvgIpc) is 3.28. The first kappa shape index (κ1) is 22.5. The second-order valence-electron chi connectivity index (χ2n) is 8.06. The third-order valence-corrected chi connectivity index (χ3v) is 6.76. The van der Waals surface area contributed by atoms with Crippen molar-refractivity contribution in [1.82, 2.24) is 14.9 Å². The van der Waals surface area contributed by atoms with Gasteiger partial charge in [-0.2, -0.15) is 0 Å². The fourth-order valence-corrected chi connectivity index (χ4v) is 4.92. The number of hydrogen-bond donors (Lipinski definition) is 2. The molecule has 1 amide bonds. The van der Waals surface area contributed by atoms with Crippen LogP contribution in [0.15, 0.2) is 58.7 Å². The SMILES string of the molecule is O=C(CN1CCN(c2cc(=O)[nH]c3ccc(F)cc23)CC1)Nc1nc(-c2ccc(Cl)cc2)cs1. The summed E-state index contributed by atoms with van der Waals surface area (Å²) < 4.78 is 13.8. The molecule has 1 aliphatic heterocycles. The van der Waals surface area contributed by atoms with E-state index in [9.17, 15) is 14.0 Å². The Kier molecular flexibility index (Phi) is 6.32. The number of H-pyrrole nitrogens is 1. The summed E-state index contributed by atoms with van der Waals surface area (Å²) in [7, 11) is 0. The number of aromatic nitrogens is 2. The van der Waals surface area contributed by atoms with Crippen LogP contribution in [0.5, 0.6) is 0 Å². The normalized spacial score (nSPS) is 14.5. The van der Waals surface area contributed by atoms with Gasteiger partial charge in [-0.15, -0.1) is 11.3 Å². The largest absolute Gasteiger partial charge is 0.368 e. The molecule has 1 fully saturated rings. The van der Waals surface area contributed by atoms with E-state index in [0.717, 1.165) is 11.3 Å². The van der Waals surface area contributed by atoms with Gasteiger partial charge in [0.25, 0.3) is 0 Å². The van der Waals surface area contributed by atoms with Gasteiger partial charge in [0.2, 0.25) is 11.5 Å². The Labute approximate surface area is 203 Å². The third kappa shape index (κ3) is 4.96. The molecule has 2 N–H and O–H groups in total. The molecule has 0 aliphatic carbocycles. The topological polar surface area (TPSA) is 81.3 Å². The molecule has 0 unspecified atom stereocenters. The summed E-state index contributed by atoms with van der Waals surface area (Å²) in [6.45, 7) is 2.78. The summed E-state index contributed by atoms with van der Waals surface area (Å²) in [5, 5.41) is 6.65. The first-order valence-corrected chi connectivity index (χ1v) is 12.0. The second-order valence-corrected chi connectivity index (χ2v) is 9.36. The van der Waals surface area contributed by atoms with Gasteiger partial charge < -0.3 is 15.2 Å². The molecule has 0 radical (unpaired) electrons. The van der Waals surface area contributed by atoms with Crippen LogP contribution in [0.1, 0.15) is 0 Å². The van der Waals surface area contributed by atoms with Crippen LogP contribution in [0.3, 0.4) is 0 Å². The monoisotopic (exact) mass is 497 g/mol. The van der Waals surface area contributed by atoms with E-state index in [1.165, 1.54) is 29.5 Å². The minimum absolute atomic E-state index is 0.130. The highest BCUT2D eigenvalue weighted by Gasteiger charge is 2.21. The number of halogens is 2. The van der Waals surface area contributed by atoms with Crippen molar-refractivity contribution in [3.63, 3.8) is 0 Å². The van der Waals surface area contributed by atoms with E-state index in [0.29, 0.717) is 52.9 Å². The van der Waals surface area contributed by atoms with Crippen LogP contribution in [0.4, 0.5) is 15.2 Å². The average molecular weight is 498 g/mol. The zero-order valence-electron chi connectivity index (χ0n) is 18.1. The van der Waals surface area contributed by atoms with Crippen molar-refractivity contribution >= 4 is 50.6 Å². The van der Waals surface area contributed by atoms with Crippen molar-refractivity contribution < 1.29 is 9.18 Å². The number of rotatable bonds is 5. The summed E-state index contributed by atoms with van der Waals surface area (Å²) in [4.78, 5) is 36.0. The number of benzene rings is 2. The van der Waals surface area contributed by atoms with E-state index >= 15 is 0 Å². The Morgan fingerprint density at radius 2 is 1.88 bits per heavy atom. The number of nitrogens with zero attached hydrogens (tertiary/aromatic N) is 3. The molecule has 2 aromatic carbocycles. The van der Waals surface area contributed by atoms with Crippen molar-refractivity contribution in [3.8, 4) is 11.3 Å². The Bertz CT molecular complexity index is 1400. The number of aromatic amines is 1. The van der Waals surface area contributed by atoms with Gasteiger partial charge in [-0.05, 0) is 30.3 Å². The lowest BCUT2D eigenvalue weighted by atomic mass is 10.1. The highest BCUT2D eigenvalue weighted by Crippen LogP contribution is 2.27. The molecule has 5 rings (SSSR count). The Morgan fingerprint density at radius 1 is 1.12 bits per heavy atom. The van der Waals surface area contributed by atoms with Gasteiger partial charge in [-0.3, -0.25) is 14.5 Å². The van der Waals surface area contributed by atoms with E-state index in [2.05, 4.69) is 25.1 Å². The van der Waals surface area contributed by atoms with Gasteiger partial charge >= 0.3 is 0 Å². The summed E-state index contributed by atoms with van der Waals surface area (Å²) >= 11 is 7.31. The number of piperazine rings is 1. The Morgan fingerprint density at radius 3 is 2.65 bits per heavy atom. The number of amides is 1. The molecule has 4 aromatic rings. The molecule has 0 bridgehead atoms. The van der Waals surface area contributed by atoms with Crippen molar-refractivity contribution in [2.24, 2.45) is 0 Å². The molecular formula is C24H21ClFN5O2S. The molecule has 2 aromatic heterocycles. The van der Waals surface area contributed by atoms with Crippen LogP contribution in [-0.4, -0.2) is 53.5 Å². The zero-order chi connectivity index (χ0) is 23.7. The van der Waals surface area contributed by atoms with E-state index < -0.39 is 0 Å². The molecular weight excluding hydrogens is 477 g/mol. The molecule has 3 heterocycles. The lowest BCUT2D eigenvalue weighted by Gasteiger charge is -2.36. The van der Waals surface area contributed by atoms with E-state index in [-0.39, 0.29) is 23.8 Å². The number of nitrogens with one attached hydrogen (secondary N) is 2. The number of pyridine rings is 1. The van der Waals surface area contributed by atoms with Gasteiger partial charge in [0.15, 0.2) is 5.13 Å². The van der Waals surface area contributed by atoms with Gasteiger partial charge in [-0.25, -0.2) is 9.37 Å². The van der Waals surface area contributed by atoms with Gasteiger partial charge in [0.05, 0.1) is 23.4 Å². The summed E-state index contributed by atoms with van der Waals surface area (Å²) in [6, 6.07) is 13.2. The zero-order valence-corrected chi connectivity index (χ0v) is 19.6. The molecule has 0 atom stereocenters. The Hall–Kier alpha value is -3.27. The second kappa shape index (κ2) is 9.54. The van der Waals surface area contributed by atoms with Crippen molar-refractivity contribution in [2.45, 2.75) is 0 Å². The highest BCUT2D eigenvalue weighted by atomic mass is 35.5. The van der Waals surface area contributed by atoms with Crippen molar-refractivity contribution in [3.05, 3.63) is 75.1 Å². The maximum Gasteiger partial charge on any atom is 0.250 e. The lowest BCUT2D eigenvalue weighted by molar-refractivity contribution is -0.117. The standard InChI is InChI=1S/C24H21ClFN5O2S/c25-16-3-1-15(2-4-16)20-14-34-24(28-20)29-23(33)13-30-7-9-31(10-8-30)21-12-22(32)27-19-6-5-17(26)11-18(19)21/h1-6,11-12,14H,7-10,13H2,(H,27,32)(H,28,29,33). The number of carbonyl (C=O) groups is 1. The number of thiazole rings is 1. The summed E-state index contributed by atoms with van der Waals surface area (Å²) in [6.07, 6.45) is 0. The fraction of sp³-hybridized carbons (Fsp3) is 0.208. The first-order chi connectivity index (χ1) is 16.4. The third-order valence-electron chi connectivity index (χ3n) is 5.75. The van der Waals surface area contributed by atoms with Crippen molar-refractivity contribution in [1.29, 1.82) is 0 Å². The molecule has 34 heavy (non-hydrogen) atoms. The number of carbonyl (C=O) groups excluding carboxylic acids is 1. The maximum atomic E-state index is 13.8. The number of hydrogen-bond acceptors (Lipinski definition) is 6. The fourth-order valence-electron chi connectivity index (χ4n) is 4.06. The van der Waals surface area contributed by atoms with Crippen LogP contribution >= 0.6 is 22.9 Å². The minimum atomic E-state index is -0.350. The highest BCUT2D eigenvalue weighted by molar-refractivity contribution is 7.14. The molecule has 10 heteroatoms. The van der Waals surface area contributed by atoms with Crippen molar-refractivity contribution in [2.75, 3.05) is 42.9 Å². The van der Waals surface area contributed by atoms with E-state index in [4.69, 9.17) is 11.6 Å². The van der Waals surface area contributed by atoms with Crippen LogP contribution < -0.4 is 15.8 Å². The van der Waals surface area contributed by atoms with Gasteiger partial charge in [-0.1, -0.05) is 23.7 Å². The predicted octanol–water partition coefficient (Wildman–Crippen LogP) is 4.20. The lowest BCUT2D eigenvalue weighted by Crippen LogP contribution is -2.49. The predicted molar refractivity (Wildman–Crippen MR) is 134 cm³/mol. The number of fused-ring (bicyclic) bond motifs is 1. The molecule has 0 saturated carbocycles. The Balaban J connectivity index is 1.19. The van der Waals surface area contributed by atoms with Gasteiger partial charge in [0, 0.05) is 53.6 Å². The first-order valence-electron chi connectivity index (χ1n) is 10.8. The van der Waals surface area contributed by atoms with Gasteiger partial charge in [0.1, 0.15) is 5.82 Å².